The van der Waals surface area contributed by atoms with Crippen LogP contribution in [0.5, 0.6) is 0 Å². The van der Waals surface area contributed by atoms with Gasteiger partial charge in [0.15, 0.2) is 0 Å². The van der Waals surface area contributed by atoms with Gasteiger partial charge in [-0.15, -0.1) is 0 Å². The van der Waals surface area contributed by atoms with Crippen molar-refractivity contribution in [2.24, 2.45) is 5.73 Å². The molecule has 0 heterocycles. The van der Waals surface area contributed by atoms with E-state index in [1.807, 2.05) is 18.7 Å². The van der Waals surface area contributed by atoms with Crippen molar-refractivity contribution in [2.45, 2.75) is 33.2 Å². The summed E-state index contributed by atoms with van der Waals surface area (Å²) in [5, 5.41) is 0. The third kappa shape index (κ3) is 4.03. The number of rotatable bonds is 6. The smallest absolute Gasteiger partial charge is 0.219 e. The van der Waals surface area contributed by atoms with E-state index in [4.69, 9.17) is 5.73 Å². The van der Waals surface area contributed by atoms with E-state index in [0.29, 0.717) is 0 Å². The van der Waals surface area contributed by atoms with Crippen LogP contribution in [0.2, 0.25) is 0 Å². The molecular weight excluding hydrogens is 168 g/mol. The highest BCUT2D eigenvalue weighted by Crippen LogP contribution is 2.04. The van der Waals surface area contributed by atoms with Crippen molar-refractivity contribution >= 4 is 11.7 Å². The van der Waals surface area contributed by atoms with Crippen molar-refractivity contribution < 1.29 is 9.59 Å². The second kappa shape index (κ2) is 5.70. The molecule has 1 amide bonds. The number of primary amides is 1. The Hall–Kier alpha value is -0.900. The molecule has 0 bridgehead atoms. The van der Waals surface area contributed by atoms with Crippen LogP contribution in [-0.4, -0.2) is 35.7 Å². The zero-order valence-electron chi connectivity index (χ0n) is 8.54. The van der Waals surface area contributed by atoms with Crippen molar-refractivity contribution in [2.75, 3.05) is 13.1 Å². The topological polar surface area (TPSA) is 63.4 Å². The van der Waals surface area contributed by atoms with Gasteiger partial charge in [-0.3, -0.25) is 14.5 Å². The highest BCUT2D eigenvalue weighted by molar-refractivity contribution is 5.87. The predicted octanol–water partition coefficient (Wildman–Crippen LogP) is 0.161. The first-order valence-electron chi connectivity index (χ1n) is 4.55. The summed E-state index contributed by atoms with van der Waals surface area (Å²) >= 11 is 0. The van der Waals surface area contributed by atoms with Gasteiger partial charge in [-0.2, -0.15) is 0 Å². The third-order valence-corrected chi connectivity index (χ3v) is 2.12. The Balaban J connectivity index is 4.38. The van der Waals surface area contributed by atoms with Gasteiger partial charge >= 0.3 is 0 Å². The van der Waals surface area contributed by atoms with E-state index in [9.17, 15) is 9.59 Å². The normalized spacial score (nSPS) is 12.9. The molecular formula is C9H18N2O2. The minimum Gasteiger partial charge on any atom is -0.370 e. The van der Waals surface area contributed by atoms with Gasteiger partial charge in [-0.1, -0.05) is 13.8 Å². The van der Waals surface area contributed by atoms with Crippen molar-refractivity contribution in [3.05, 3.63) is 0 Å². The summed E-state index contributed by atoms with van der Waals surface area (Å²) < 4.78 is 0. The van der Waals surface area contributed by atoms with E-state index in [1.165, 1.54) is 6.92 Å². The maximum absolute atomic E-state index is 11.2. The lowest BCUT2D eigenvalue weighted by atomic mass is 10.1. The fraction of sp³-hybridized carbons (Fsp3) is 0.778. The van der Waals surface area contributed by atoms with Crippen LogP contribution in [0.1, 0.15) is 27.2 Å². The molecule has 0 rings (SSSR count). The van der Waals surface area contributed by atoms with E-state index in [0.717, 1.165) is 13.1 Å². The first-order valence-corrected chi connectivity index (χ1v) is 4.55. The summed E-state index contributed by atoms with van der Waals surface area (Å²) in [6.07, 6.45) is 0.122. The Labute approximate surface area is 79.1 Å². The van der Waals surface area contributed by atoms with Crippen LogP contribution in [-0.2, 0) is 9.59 Å². The van der Waals surface area contributed by atoms with Crippen LogP contribution in [0, 0.1) is 0 Å². The SMILES string of the molecule is CCN(CC)C(CC(N)=O)C(C)=O. The number of nitrogens with two attached hydrogens (primary N) is 1. The molecule has 4 nitrogen and oxygen atoms in total. The third-order valence-electron chi connectivity index (χ3n) is 2.12. The zero-order chi connectivity index (χ0) is 10.4. The number of nitrogens with zero attached hydrogens (tertiary/aromatic N) is 1. The van der Waals surface area contributed by atoms with Crippen LogP contribution in [0.25, 0.3) is 0 Å². The van der Waals surface area contributed by atoms with Crippen LogP contribution < -0.4 is 5.73 Å². The molecule has 76 valence electrons. The molecule has 0 fully saturated rings. The quantitative estimate of drug-likeness (QED) is 0.642. The van der Waals surface area contributed by atoms with Crippen LogP contribution in [0.3, 0.4) is 0 Å². The average Bonchev–Trinajstić information content (AvgIpc) is 2.04. The van der Waals surface area contributed by atoms with E-state index in [1.54, 1.807) is 0 Å². The molecule has 2 N–H and O–H groups in total. The highest BCUT2D eigenvalue weighted by atomic mass is 16.1. The van der Waals surface area contributed by atoms with Crippen LogP contribution in [0.4, 0.5) is 0 Å². The van der Waals surface area contributed by atoms with Crippen molar-refractivity contribution in [3.8, 4) is 0 Å². The number of hydrogen-bond acceptors (Lipinski definition) is 3. The number of hydrogen-bond donors (Lipinski definition) is 1. The predicted molar refractivity (Wildman–Crippen MR) is 51.2 cm³/mol. The molecule has 0 aliphatic heterocycles. The number of likely N-dealkylation sites (N-methyl/N-ethyl adjacent to an activating group) is 1. The second-order valence-corrected chi connectivity index (χ2v) is 3.02. The molecule has 0 aliphatic rings. The molecule has 0 radical (unpaired) electrons. The molecule has 0 saturated carbocycles. The Kier molecular flexibility index (Phi) is 5.30. The first-order chi connectivity index (χ1) is 6.02. The number of carbonyl (C=O) groups excluding carboxylic acids is 2. The summed E-state index contributed by atoms with van der Waals surface area (Å²) in [4.78, 5) is 23.8. The molecule has 0 aromatic rings. The molecule has 4 heteroatoms. The average molecular weight is 186 g/mol. The molecule has 0 aliphatic carbocycles. The summed E-state index contributed by atoms with van der Waals surface area (Å²) in [6, 6.07) is -0.340. The Morgan fingerprint density at radius 3 is 2.00 bits per heavy atom. The standard InChI is InChI=1S/C9H18N2O2/c1-4-11(5-2)8(7(3)12)6-9(10)13/h8H,4-6H2,1-3H3,(H2,10,13). The molecule has 0 saturated heterocycles. The molecule has 0 aromatic carbocycles. The first kappa shape index (κ1) is 12.1. The maximum atomic E-state index is 11.2. The number of Topliss-reactive ketones (excluding diaryl/α,β-unsaturated/α-hetero) is 1. The van der Waals surface area contributed by atoms with E-state index >= 15 is 0 Å². The minimum absolute atomic E-state index is 0.00231. The lowest BCUT2D eigenvalue weighted by Crippen LogP contribution is -2.42. The second-order valence-electron chi connectivity index (χ2n) is 3.02. The number of amides is 1. The summed E-state index contributed by atoms with van der Waals surface area (Å²) in [6.45, 7) is 6.93. The lowest BCUT2D eigenvalue weighted by molar-refractivity contribution is -0.127. The Morgan fingerprint density at radius 1 is 1.31 bits per heavy atom. The van der Waals surface area contributed by atoms with Gasteiger partial charge in [-0.25, -0.2) is 0 Å². The molecule has 13 heavy (non-hydrogen) atoms. The fourth-order valence-corrected chi connectivity index (χ4v) is 1.38. The largest absolute Gasteiger partial charge is 0.370 e. The van der Waals surface area contributed by atoms with E-state index in [2.05, 4.69) is 0 Å². The molecule has 1 atom stereocenters. The van der Waals surface area contributed by atoms with Crippen molar-refractivity contribution in [1.82, 2.24) is 4.90 Å². The monoisotopic (exact) mass is 186 g/mol. The molecule has 0 aromatic heterocycles. The van der Waals surface area contributed by atoms with E-state index in [-0.39, 0.29) is 18.2 Å². The fourth-order valence-electron chi connectivity index (χ4n) is 1.38. The van der Waals surface area contributed by atoms with Crippen LogP contribution in [0.15, 0.2) is 0 Å². The lowest BCUT2D eigenvalue weighted by Gasteiger charge is -2.26. The Bertz CT molecular complexity index is 188. The van der Waals surface area contributed by atoms with Gasteiger partial charge in [0.1, 0.15) is 5.78 Å². The summed E-state index contributed by atoms with van der Waals surface area (Å²) in [7, 11) is 0. The van der Waals surface area contributed by atoms with Gasteiger partial charge in [0.05, 0.1) is 6.04 Å². The maximum Gasteiger partial charge on any atom is 0.219 e. The number of ketones is 1. The van der Waals surface area contributed by atoms with Crippen LogP contribution >= 0.6 is 0 Å². The van der Waals surface area contributed by atoms with Gasteiger partial charge in [-0.05, 0) is 20.0 Å². The Morgan fingerprint density at radius 2 is 1.77 bits per heavy atom. The van der Waals surface area contributed by atoms with Crippen molar-refractivity contribution in [3.63, 3.8) is 0 Å². The van der Waals surface area contributed by atoms with Crippen molar-refractivity contribution in [1.29, 1.82) is 0 Å². The summed E-state index contributed by atoms with van der Waals surface area (Å²) in [5.74, 6) is -0.422. The van der Waals surface area contributed by atoms with Gasteiger partial charge in [0, 0.05) is 6.42 Å². The highest BCUT2D eigenvalue weighted by Gasteiger charge is 2.21. The van der Waals surface area contributed by atoms with Gasteiger partial charge < -0.3 is 5.73 Å². The summed E-state index contributed by atoms with van der Waals surface area (Å²) in [5.41, 5.74) is 5.06. The van der Waals surface area contributed by atoms with Gasteiger partial charge in [0.25, 0.3) is 0 Å². The number of carbonyl (C=O) groups is 2. The van der Waals surface area contributed by atoms with Gasteiger partial charge in [0.2, 0.25) is 5.91 Å². The minimum atomic E-state index is -0.424. The van der Waals surface area contributed by atoms with E-state index < -0.39 is 5.91 Å². The molecule has 1 unspecified atom stereocenters. The molecule has 0 spiro atoms. The zero-order valence-corrected chi connectivity index (χ0v) is 8.54.